The van der Waals surface area contributed by atoms with Gasteiger partial charge in [0.05, 0.1) is 40.4 Å². The van der Waals surface area contributed by atoms with E-state index in [2.05, 4.69) is 4.65 Å². The summed E-state index contributed by atoms with van der Waals surface area (Å²) < 4.78 is 19.0. The molecule has 0 unspecified atom stereocenters. The van der Waals surface area contributed by atoms with Crippen LogP contribution in [0.3, 0.4) is 0 Å². The fourth-order valence-corrected chi connectivity index (χ4v) is 0.667. The molecule has 7 heteroatoms. The van der Waals surface area contributed by atoms with Crippen molar-refractivity contribution in [1.29, 1.82) is 0 Å². The van der Waals surface area contributed by atoms with Crippen molar-refractivity contribution in [3.63, 3.8) is 0 Å². The SMILES string of the molecule is COCCOCCOCCOB([O-])[O-]. The van der Waals surface area contributed by atoms with Crippen molar-refractivity contribution in [2.45, 2.75) is 0 Å². The summed E-state index contributed by atoms with van der Waals surface area (Å²) in [7, 11) is -0.629. The van der Waals surface area contributed by atoms with Crippen molar-refractivity contribution in [3.05, 3.63) is 0 Å². The molecule has 0 radical (unpaired) electrons. The Morgan fingerprint density at radius 3 is 1.86 bits per heavy atom. The molecule has 0 bridgehead atoms. The van der Waals surface area contributed by atoms with Crippen LogP contribution in [0.2, 0.25) is 0 Å². The summed E-state index contributed by atoms with van der Waals surface area (Å²) in [6.07, 6.45) is 0. The van der Waals surface area contributed by atoms with Crippen LogP contribution < -0.4 is 10.0 Å². The zero-order chi connectivity index (χ0) is 10.6. The highest BCUT2D eigenvalue weighted by Gasteiger charge is 1.89. The van der Waals surface area contributed by atoms with Crippen molar-refractivity contribution in [3.8, 4) is 0 Å². The van der Waals surface area contributed by atoms with Crippen molar-refractivity contribution < 1.29 is 28.9 Å². The summed E-state index contributed by atoms with van der Waals surface area (Å²) in [5.41, 5.74) is 0. The average Bonchev–Trinajstić information content (AvgIpc) is 2.15. The summed E-state index contributed by atoms with van der Waals surface area (Å²) in [5.74, 6) is 0. The molecule has 0 heterocycles. The van der Waals surface area contributed by atoms with Crippen molar-refractivity contribution in [1.82, 2.24) is 0 Å². The molecule has 0 saturated carbocycles. The van der Waals surface area contributed by atoms with Crippen LogP contribution in [-0.4, -0.2) is 54.1 Å². The molecule has 0 saturated heterocycles. The third-order valence-electron chi connectivity index (χ3n) is 1.29. The zero-order valence-electron chi connectivity index (χ0n) is 8.27. The molecule has 6 nitrogen and oxygen atoms in total. The molecule has 0 aromatic carbocycles. The van der Waals surface area contributed by atoms with E-state index in [1.165, 1.54) is 0 Å². The zero-order valence-corrected chi connectivity index (χ0v) is 8.27. The van der Waals surface area contributed by atoms with Gasteiger partial charge in [0.25, 0.3) is 0 Å². The molecule has 0 aliphatic carbocycles. The van der Waals surface area contributed by atoms with Gasteiger partial charge in [0, 0.05) is 13.7 Å². The Balaban J connectivity index is 2.85. The Morgan fingerprint density at radius 1 is 0.857 bits per heavy atom. The lowest BCUT2D eigenvalue weighted by atomic mass is 10.3. The van der Waals surface area contributed by atoms with E-state index in [-0.39, 0.29) is 13.2 Å². The molecule has 0 aliphatic rings. The molecule has 0 rings (SSSR count). The van der Waals surface area contributed by atoms with Crippen LogP contribution >= 0.6 is 0 Å². The van der Waals surface area contributed by atoms with E-state index in [1.807, 2.05) is 0 Å². The molecule has 0 aromatic rings. The topological polar surface area (TPSA) is 83.0 Å². The van der Waals surface area contributed by atoms with E-state index in [9.17, 15) is 10.0 Å². The molecule has 0 N–H and O–H groups in total. The Kier molecular flexibility index (Phi) is 10.8. The number of hydrogen-bond donors (Lipinski definition) is 0. The minimum Gasteiger partial charge on any atom is -0.871 e. The first-order valence-corrected chi connectivity index (χ1v) is 4.35. The Labute approximate surface area is 83.9 Å². The molecule has 0 atom stereocenters. The van der Waals surface area contributed by atoms with Gasteiger partial charge < -0.3 is 28.9 Å². The molecular formula is C7H15BO6-2. The van der Waals surface area contributed by atoms with Crippen LogP contribution in [0, 0.1) is 0 Å². The Morgan fingerprint density at radius 2 is 1.36 bits per heavy atom. The fraction of sp³-hybridized carbons (Fsp3) is 1.00. The van der Waals surface area contributed by atoms with E-state index in [0.29, 0.717) is 26.4 Å². The number of hydrogen-bond acceptors (Lipinski definition) is 6. The highest BCUT2D eigenvalue weighted by molar-refractivity contribution is 6.28. The van der Waals surface area contributed by atoms with E-state index in [1.54, 1.807) is 7.11 Å². The van der Waals surface area contributed by atoms with Crippen LogP contribution in [0.1, 0.15) is 0 Å². The standard InChI is InChI=1S/C7H15BO6/c1-11-2-3-12-4-5-13-6-7-14-8(9)10/h2-7H2,1H3/q-2. The monoisotopic (exact) mass is 206 g/mol. The maximum absolute atomic E-state index is 9.86. The second kappa shape index (κ2) is 10.9. The highest BCUT2D eigenvalue weighted by atomic mass is 16.6. The molecule has 0 aromatic heterocycles. The predicted molar refractivity (Wildman–Crippen MR) is 45.2 cm³/mol. The first kappa shape index (κ1) is 13.8. The van der Waals surface area contributed by atoms with Gasteiger partial charge in [0.2, 0.25) is 0 Å². The van der Waals surface area contributed by atoms with Crippen molar-refractivity contribution >= 4 is 7.32 Å². The first-order valence-electron chi connectivity index (χ1n) is 4.35. The summed E-state index contributed by atoms with van der Waals surface area (Å²) in [5, 5.41) is 19.7. The lowest BCUT2D eigenvalue weighted by molar-refractivity contribution is -0.382. The smallest absolute Gasteiger partial charge is 0.0701 e. The van der Waals surface area contributed by atoms with Crippen molar-refractivity contribution in [2.75, 3.05) is 46.8 Å². The fourth-order valence-electron chi connectivity index (χ4n) is 0.667. The van der Waals surface area contributed by atoms with Gasteiger partial charge in [-0.25, -0.2) is 0 Å². The normalized spacial score (nSPS) is 10.5. The van der Waals surface area contributed by atoms with E-state index in [4.69, 9.17) is 14.2 Å². The van der Waals surface area contributed by atoms with Crippen LogP contribution in [0.15, 0.2) is 0 Å². The summed E-state index contributed by atoms with van der Waals surface area (Å²) >= 11 is 0. The highest BCUT2D eigenvalue weighted by Crippen LogP contribution is 1.80. The number of ether oxygens (including phenoxy) is 3. The molecule has 0 fully saturated rings. The minimum atomic E-state index is -2.23. The second-order valence-electron chi connectivity index (χ2n) is 2.38. The Bertz CT molecular complexity index is 112. The van der Waals surface area contributed by atoms with Gasteiger partial charge in [0.1, 0.15) is 0 Å². The van der Waals surface area contributed by atoms with Gasteiger partial charge in [0.15, 0.2) is 0 Å². The summed E-state index contributed by atoms with van der Waals surface area (Å²) in [4.78, 5) is 0. The summed E-state index contributed by atoms with van der Waals surface area (Å²) in [6.45, 7) is 2.21. The van der Waals surface area contributed by atoms with Gasteiger partial charge in [-0.15, -0.1) is 0 Å². The Hall–Kier alpha value is -0.175. The number of rotatable bonds is 10. The van der Waals surface area contributed by atoms with E-state index in [0.717, 1.165) is 0 Å². The first-order chi connectivity index (χ1) is 6.77. The maximum atomic E-state index is 9.86. The van der Waals surface area contributed by atoms with Gasteiger partial charge in [-0.3, -0.25) is 0 Å². The van der Waals surface area contributed by atoms with Crippen LogP contribution in [0.4, 0.5) is 0 Å². The van der Waals surface area contributed by atoms with E-state index < -0.39 is 7.32 Å². The van der Waals surface area contributed by atoms with Gasteiger partial charge >= 0.3 is 0 Å². The van der Waals surface area contributed by atoms with Gasteiger partial charge in [-0.2, -0.15) is 0 Å². The largest absolute Gasteiger partial charge is 0.871 e. The number of methoxy groups -OCH3 is 1. The quantitative estimate of drug-likeness (QED) is 0.287. The van der Waals surface area contributed by atoms with Crippen LogP contribution in [0.5, 0.6) is 0 Å². The van der Waals surface area contributed by atoms with Crippen LogP contribution in [0.25, 0.3) is 0 Å². The third-order valence-corrected chi connectivity index (χ3v) is 1.29. The van der Waals surface area contributed by atoms with E-state index >= 15 is 0 Å². The average molecular weight is 206 g/mol. The summed E-state index contributed by atoms with van der Waals surface area (Å²) in [6, 6.07) is 0. The molecule has 84 valence electrons. The molecular weight excluding hydrogens is 191 g/mol. The molecule has 0 amide bonds. The van der Waals surface area contributed by atoms with Gasteiger partial charge in [-0.1, -0.05) is 0 Å². The lowest BCUT2D eigenvalue weighted by Crippen LogP contribution is -2.48. The van der Waals surface area contributed by atoms with Crippen molar-refractivity contribution in [2.24, 2.45) is 0 Å². The lowest BCUT2D eigenvalue weighted by Gasteiger charge is -2.25. The molecule has 0 aliphatic heterocycles. The second-order valence-corrected chi connectivity index (χ2v) is 2.38. The molecule has 0 spiro atoms. The minimum absolute atomic E-state index is 0.0235. The third kappa shape index (κ3) is 11.8. The molecule has 14 heavy (non-hydrogen) atoms. The maximum Gasteiger partial charge on any atom is 0.0701 e. The van der Waals surface area contributed by atoms with Gasteiger partial charge in [-0.05, 0) is 0 Å². The van der Waals surface area contributed by atoms with Crippen LogP contribution in [-0.2, 0) is 18.9 Å². The predicted octanol–water partition coefficient (Wildman–Crippen LogP) is -2.61.